The van der Waals surface area contributed by atoms with Crippen molar-refractivity contribution in [3.8, 4) is 11.1 Å². The molecule has 0 bridgehead atoms. The van der Waals surface area contributed by atoms with Crippen molar-refractivity contribution in [2.45, 2.75) is 13.3 Å². The van der Waals surface area contributed by atoms with Crippen LogP contribution in [0.3, 0.4) is 0 Å². The van der Waals surface area contributed by atoms with Crippen LogP contribution in [0, 0.1) is 6.92 Å². The van der Waals surface area contributed by atoms with Crippen molar-refractivity contribution in [2.75, 3.05) is 0 Å². The molecule has 2 aromatic rings. The SMILES string of the molecule is Cc1ccc2c(c1)C1=c3c-2cccc3=CC=CC1. The summed E-state index contributed by atoms with van der Waals surface area (Å²) >= 11 is 0. The molecule has 2 aromatic carbocycles. The fraction of sp³-hybridized carbons (Fsp3) is 0.111. The van der Waals surface area contributed by atoms with Crippen LogP contribution in [0.15, 0.2) is 48.6 Å². The number of hydrogen-bond acceptors (Lipinski definition) is 0. The molecule has 0 atom stereocenters. The second-order valence-corrected chi connectivity index (χ2v) is 5.10. The van der Waals surface area contributed by atoms with E-state index in [1.165, 1.54) is 38.3 Å². The lowest BCUT2D eigenvalue weighted by molar-refractivity contribution is 1.37. The second-order valence-electron chi connectivity index (χ2n) is 5.10. The molecule has 0 spiro atoms. The highest BCUT2D eigenvalue weighted by Gasteiger charge is 2.19. The third-order valence-corrected chi connectivity index (χ3v) is 3.92. The minimum absolute atomic E-state index is 1.04. The van der Waals surface area contributed by atoms with Crippen molar-refractivity contribution >= 4 is 11.6 Å². The molecule has 86 valence electrons. The van der Waals surface area contributed by atoms with Gasteiger partial charge in [-0.3, -0.25) is 0 Å². The molecule has 18 heavy (non-hydrogen) atoms. The van der Waals surface area contributed by atoms with Gasteiger partial charge in [0.1, 0.15) is 0 Å². The Morgan fingerprint density at radius 2 is 1.89 bits per heavy atom. The highest BCUT2D eigenvalue weighted by Crippen LogP contribution is 2.33. The van der Waals surface area contributed by atoms with Crippen molar-refractivity contribution in [3.05, 3.63) is 70.1 Å². The van der Waals surface area contributed by atoms with Crippen LogP contribution in [0.5, 0.6) is 0 Å². The third-order valence-electron chi connectivity index (χ3n) is 3.92. The Morgan fingerprint density at radius 1 is 0.944 bits per heavy atom. The zero-order valence-corrected chi connectivity index (χ0v) is 10.4. The van der Waals surface area contributed by atoms with E-state index in [4.69, 9.17) is 0 Å². The Kier molecular flexibility index (Phi) is 1.90. The van der Waals surface area contributed by atoms with Gasteiger partial charge in [-0.15, -0.1) is 0 Å². The Hall–Kier alpha value is -2.08. The highest BCUT2D eigenvalue weighted by atomic mass is 14.2. The topological polar surface area (TPSA) is 0 Å². The number of fused-ring (bicyclic) bond motifs is 3. The molecule has 0 heteroatoms. The first-order chi connectivity index (χ1) is 8.84. The first kappa shape index (κ1) is 9.90. The normalized spacial score (nSPS) is 14.8. The van der Waals surface area contributed by atoms with E-state index in [0.717, 1.165) is 6.42 Å². The van der Waals surface area contributed by atoms with Crippen molar-refractivity contribution in [3.63, 3.8) is 0 Å². The van der Waals surface area contributed by atoms with Gasteiger partial charge in [-0.2, -0.15) is 0 Å². The molecule has 0 nitrogen and oxygen atoms in total. The van der Waals surface area contributed by atoms with Gasteiger partial charge in [0, 0.05) is 0 Å². The van der Waals surface area contributed by atoms with E-state index in [1.54, 1.807) is 0 Å². The summed E-state index contributed by atoms with van der Waals surface area (Å²) in [5.74, 6) is 0. The summed E-state index contributed by atoms with van der Waals surface area (Å²) in [6.45, 7) is 2.17. The van der Waals surface area contributed by atoms with E-state index in [-0.39, 0.29) is 0 Å². The second kappa shape index (κ2) is 3.46. The number of allylic oxidation sites excluding steroid dienone is 2. The van der Waals surface area contributed by atoms with Gasteiger partial charge in [0.15, 0.2) is 0 Å². The Balaban J connectivity index is 2.23. The maximum Gasteiger partial charge on any atom is -0.00637 e. The van der Waals surface area contributed by atoms with Crippen LogP contribution < -0.4 is 10.4 Å². The Labute approximate surface area is 107 Å². The summed E-state index contributed by atoms with van der Waals surface area (Å²) in [6, 6.07) is 13.4. The minimum Gasteiger partial charge on any atom is -0.0801 e. The summed E-state index contributed by atoms with van der Waals surface area (Å²) in [5, 5.41) is 2.80. The molecular formula is C18H14. The van der Waals surface area contributed by atoms with Crippen molar-refractivity contribution in [2.24, 2.45) is 0 Å². The fourth-order valence-electron chi connectivity index (χ4n) is 3.12. The first-order valence-electron chi connectivity index (χ1n) is 6.45. The average molecular weight is 230 g/mol. The van der Waals surface area contributed by atoms with Crippen LogP contribution in [0.4, 0.5) is 0 Å². The molecule has 0 fully saturated rings. The lowest BCUT2D eigenvalue weighted by atomic mass is 9.99. The molecular weight excluding hydrogens is 216 g/mol. The third kappa shape index (κ3) is 1.20. The number of rotatable bonds is 0. The maximum atomic E-state index is 2.33. The van der Waals surface area contributed by atoms with Crippen LogP contribution in [0.1, 0.15) is 17.5 Å². The van der Waals surface area contributed by atoms with Crippen LogP contribution in [0.25, 0.3) is 22.8 Å². The zero-order chi connectivity index (χ0) is 12.1. The molecule has 0 unspecified atom stereocenters. The molecule has 2 aliphatic rings. The number of hydrogen-bond donors (Lipinski definition) is 0. The molecule has 4 rings (SSSR count). The molecule has 0 aliphatic heterocycles. The quantitative estimate of drug-likeness (QED) is 0.653. The number of aryl methyl sites for hydroxylation is 1. The minimum atomic E-state index is 1.04. The summed E-state index contributed by atoms with van der Waals surface area (Å²) in [7, 11) is 0. The monoisotopic (exact) mass is 230 g/mol. The predicted octanol–water partition coefficient (Wildman–Crippen LogP) is 2.91. The van der Waals surface area contributed by atoms with E-state index in [9.17, 15) is 0 Å². The molecule has 0 saturated carbocycles. The molecule has 0 saturated heterocycles. The average Bonchev–Trinajstić information content (AvgIpc) is 2.56. The first-order valence-corrected chi connectivity index (χ1v) is 6.45. The maximum absolute atomic E-state index is 2.33. The van der Waals surface area contributed by atoms with Gasteiger partial charge in [0.2, 0.25) is 0 Å². The molecule has 0 N–H and O–H groups in total. The predicted molar refractivity (Wildman–Crippen MR) is 76.6 cm³/mol. The lowest BCUT2D eigenvalue weighted by Gasteiger charge is -2.05. The van der Waals surface area contributed by atoms with E-state index < -0.39 is 0 Å². The highest BCUT2D eigenvalue weighted by molar-refractivity contribution is 5.90. The van der Waals surface area contributed by atoms with Crippen LogP contribution in [0.2, 0.25) is 0 Å². The van der Waals surface area contributed by atoms with Gasteiger partial charge in [-0.05, 0) is 46.0 Å². The smallest absolute Gasteiger partial charge is 0.00637 e. The van der Waals surface area contributed by atoms with E-state index in [2.05, 4.69) is 61.5 Å². The van der Waals surface area contributed by atoms with Crippen LogP contribution in [-0.2, 0) is 0 Å². The lowest BCUT2D eigenvalue weighted by Crippen LogP contribution is -2.25. The fourth-order valence-corrected chi connectivity index (χ4v) is 3.12. The van der Waals surface area contributed by atoms with Gasteiger partial charge in [0.25, 0.3) is 0 Å². The van der Waals surface area contributed by atoms with Crippen LogP contribution in [-0.4, -0.2) is 0 Å². The molecule has 0 aromatic heterocycles. The van der Waals surface area contributed by atoms with E-state index in [0.29, 0.717) is 0 Å². The van der Waals surface area contributed by atoms with E-state index in [1.807, 2.05) is 0 Å². The van der Waals surface area contributed by atoms with Crippen molar-refractivity contribution < 1.29 is 0 Å². The Bertz CT molecular complexity index is 804. The molecule has 0 radical (unpaired) electrons. The van der Waals surface area contributed by atoms with Gasteiger partial charge < -0.3 is 0 Å². The zero-order valence-electron chi connectivity index (χ0n) is 10.4. The summed E-state index contributed by atoms with van der Waals surface area (Å²) in [6.07, 6.45) is 7.70. The van der Waals surface area contributed by atoms with Crippen LogP contribution >= 0.6 is 0 Å². The van der Waals surface area contributed by atoms with Crippen molar-refractivity contribution in [1.82, 2.24) is 0 Å². The van der Waals surface area contributed by atoms with Gasteiger partial charge in [-0.25, -0.2) is 0 Å². The number of benzene rings is 2. The molecule has 2 aliphatic carbocycles. The Morgan fingerprint density at radius 3 is 2.83 bits per heavy atom. The van der Waals surface area contributed by atoms with Gasteiger partial charge in [-0.1, -0.05) is 60.2 Å². The summed E-state index contributed by atoms with van der Waals surface area (Å²) in [4.78, 5) is 0. The van der Waals surface area contributed by atoms with E-state index >= 15 is 0 Å². The summed E-state index contributed by atoms with van der Waals surface area (Å²) in [5.41, 5.74) is 7.06. The van der Waals surface area contributed by atoms with Gasteiger partial charge >= 0.3 is 0 Å². The molecule has 0 heterocycles. The molecule has 0 amide bonds. The largest absolute Gasteiger partial charge is 0.0801 e. The standard InChI is InChI=1S/C18H14/c1-12-9-10-14-15-8-4-6-13-5-2-3-7-16(18(13)15)17(14)11-12/h2-6,8-11H,7H2,1H3. The van der Waals surface area contributed by atoms with Gasteiger partial charge in [0.05, 0.1) is 0 Å². The summed E-state index contributed by atoms with van der Waals surface area (Å²) < 4.78 is 0. The van der Waals surface area contributed by atoms with Crippen molar-refractivity contribution in [1.29, 1.82) is 0 Å².